The number of halogens is 4. The zero-order valence-corrected chi connectivity index (χ0v) is 19.3. The minimum Gasteiger partial charge on any atom is -0.494 e. The topological polar surface area (TPSA) is 64.4 Å². The molecule has 2 aromatic carbocycles. The molecule has 0 spiro atoms. The highest BCUT2D eigenvalue weighted by molar-refractivity contribution is 7.90. The van der Waals surface area contributed by atoms with Crippen molar-refractivity contribution in [3.63, 3.8) is 0 Å². The highest BCUT2D eigenvalue weighted by atomic mass is 32.2. The van der Waals surface area contributed by atoms with Gasteiger partial charge in [0.25, 0.3) is 0 Å². The largest absolute Gasteiger partial charge is 0.494 e. The lowest BCUT2D eigenvalue weighted by atomic mass is 9.98. The fraction of sp³-hybridized carbons (Fsp3) is 0.318. The van der Waals surface area contributed by atoms with Gasteiger partial charge in [0, 0.05) is 23.9 Å². The van der Waals surface area contributed by atoms with Crippen LogP contribution in [-0.4, -0.2) is 57.1 Å². The Balaban J connectivity index is 2.30. The Labute approximate surface area is 189 Å². The third kappa shape index (κ3) is 5.36. The molecule has 6 nitrogen and oxygen atoms in total. The van der Waals surface area contributed by atoms with Crippen LogP contribution >= 0.6 is 0 Å². The van der Waals surface area contributed by atoms with E-state index in [1.54, 1.807) is 19.0 Å². The maximum Gasteiger partial charge on any atom is 0.433 e. The molecule has 3 aromatic rings. The molecule has 0 fully saturated rings. The fourth-order valence-corrected chi connectivity index (χ4v) is 3.99. The number of likely N-dealkylation sites (N-methyl/N-ethyl adjacent to an activating group) is 1. The molecule has 1 aromatic heterocycles. The lowest BCUT2D eigenvalue weighted by Gasteiger charge is -2.15. The van der Waals surface area contributed by atoms with E-state index in [1.807, 2.05) is 0 Å². The monoisotopic (exact) mass is 485 g/mol. The first kappa shape index (κ1) is 24.7. The Bertz CT molecular complexity index is 1250. The summed E-state index contributed by atoms with van der Waals surface area (Å²) in [6, 6.07) is 8.93. The maximum atomic E-state index is 14.4. The van der Waals surface area contributed by atoms with Gasteiger partial charge in [0.05, 0.1) is 18.6 Å². The molecule has 0 aliphatic heterocycles. The lowest BCUT2D eigenvalue weighted by molar-refractivity contribution is -0.143. The van der Waals surface area contributed by atoms with Crippen molar-refractivity contribution in [3.05, 3.63) is 54.0 Å². The zero-order chi connectivity index (χ0) is 24.6. The molecular formula is C22H23F4N3O3S. The molecule has 11 heteroatoms. The van der Waals surface area contributed by atoms with Crippen molar-refractivity contribution in [3.8, 4) is 28.1 Å². The van der Waals surface area contributed by atoms with Crippen LogP contribution in [0.15, 0.2) is 47.4 Å². The van der Waals surface area contributed by atoms with E-state index in [9.17, 15) is 26.0 Å². The molecule has 0 aliphatic rings. The first-order valence-corrected chi connectivity index (χ1v) is 11.7. The van der Waals surface area contributed by atoms with Crippen LogP contribution in [0.3, 0.4) is 0 Å². The van der Waals surface area contributed by atoms with Crippen LogP contribution in [0.5, 0.6) is 5.75 Å². The number of rotatable bonds is 7. The molecule has 0 unspecified atom stereocenters. The molecule has 0 amide bonds. The number of hydrogen-bond acceptors (Lipinski definition) is 5. The summed E-state index contributed by atoms with van der Waals surface area (Å²) in [6.45, 7) is 0.225. The van der Waals surface area contributed by atoms with E-state index in [-0.39, 0.29) is 46.1 Å². The van der Waals surface area contributed by atoms with Crippen LogP contribution in [0, 0.1) is 5.82 Å². The van der Waals surface area contributed by atoms with Crippen molar-refractivity contribution in [2.45, 2.75) is 17.6 Å². The van der Waals surface area contributed by atoms with E-state index in [2.05, 4.69) is 5.10 Å². The standard InChI is InChI=1S/C22H23F4N3O3S/c1-28(2)11-12-29-21(22(24,25)26)19(15-7-10-18(32-3)17(23)13-15)20(27-29)14-5-8-16(9-6-14)33(4,30)31/h5-10,13H,11-12H2,1-4H3. The number of alkyl halides is 3. The van der Waals surface area contributed by atoms with Crippen molar-refractivity contribution in [1.82, 2.24) is 14.7 Å². The molecule has 0 bridgehead atoms. The van der Waals surface area contributed by atoms with E-state index in [0.29, 0.717) is 0 Å². The quantitative estimate of drug-likeness (QED) is 0.466. The highest BCUT2D eigenvalue weighted by Crippen LogP contribution is 2.43. The average Bonchev–Trinajstić information content (AvgIpc) is 3.11. The summed E-state index contributed by atoms with van der Waals surface area (Å²) < 4.78 is 86.5. The van der Waals surface area contributed by atoms with Crippen molar-refractivity contribution in [1.29, 1.82) is 0 Å². The Morgan fingerprint density at radius 3 is 2.15 bits per heavy atom. The molecule has 0 atom stereocenters. The lowest BCUT2D eigenvalue weighted by Crippen LogP contribution is -2.23. The first-order valence-electron chi connectivity index (χ1n) is 9.80. The summed E-state index contributed by atoms with van der Waals surface area (Å²) in [6.07, 6.45) is -3.75. The Kier molecular flexibility index (Phi) is 6.85. The van der Waals surface area contributed by atoms with Gasteiger partial charge >= 0.3 is 6.18 Å². The average molecular weight is 486 g/mol. The molecule has 0 saturated heterocycles. The molecule has 1 heterocycles. The summed E-state index contributed by atoms with van der Waals surface area (Å²) in [5.41, 5.74) is -1.11. The molecule has 0 radical (unpaired) electrons. The van der Waals surface area contributed by atoms with Crippen LogP contribution in [0.1, 0.15) is 5.69 Å². The molecule has 0 aliphatic carbocycles. The second kappa shape index (κ2) is 9.14. The highest BCUT2D eigenvalue weighted by Gasteiger charge is 2.40. The summed E-state index contributed by atoms with van der Waals surface area (Å²) >= 11 is 0. The second-order valence-electron chi connectivity index (χ2n) is 7.74. The van der Waals surface area contributed by atoms with Crippen LogP contribution in [0.4, 0.5) is 17.6 Å². The van der Waals surface area contributed by atoms with Crippen LogP contribution < -0.4 is 4.74 Å². The zero-order valence-electron chi connectivity index (χ0n) is 18.4. The number of methoxy groups -OCH3 is 1. The van der Waals surface area contributed by atoms with E-state index >= 15 is 0 Å². The number of ether oxygens (including phenoxy) is 1. The number of benzene rings is 2. The molecular weight excluding hydrogens is 462 g/mol. The van der Waals surface area contributed by atoms with Gasteiger partial charge in [-0.2, -0.15) is 18.3 Å². The molecule has 178 valence electrons. The summed E-state index contributed by atoms with van der Waals surface area (Å²) in [5.74, 6) is -0.922. The van der Waals surface area contributed by atoms with Gasteiger partial charge in [-0.1, -0.05) is 18.2 Å². The smallest absolute Gasteiger partial charge is 0.433 e. The Morgan fingerprint density at radius 2 is 1.67 bits per heavy atom. The first-order chi connectivity index (χ1) is 15.3. The molecule has 3 rings (SSSR count). The molecule has 0 N–H and O–H groups in total. The van der Waals surface area contributed by atoms with E-state index in [1.165, 1.54) is 43.5 Å². The predicted octanol–water partition coefficient (Wildman–Crippen LogP) is 4.35. The van der Waals surface area contributed by atoms with Gasteiger partial charge in [-0.15, -0.1) is 0 Å². The number of aromatic nitrogens is 2. The minimum absolute atomic E-state index is 0.0198. The van der Waals surface area contributed by atoms with Gasteiger partial charge < -0.3 is 9.64 Å². The van der Waals surface area contributed by atoms with Crippen molar-refractivity contribution in [2.24, 2.45) is 0 Å². The van der Waals surface area contributed by atoms with Crippen LogP contribution in [-0.2, 0) is 22.6 Å². The van der Waals surface area contributed by atoms with Gasteiger partial charge in [0.2, 0.25) is 0 Å². The third-order valence-corrected chi connectivity index (χ3v) is 6.10. The summed E-state index contributed by atoms with van der Waals surface area (Å²) in [4.78, 5) is 1.74. The normalized spacial score (nSPS) is 12.4. The van der Waals surface area contributed by atoms with E-state index in [0.717, 1.165) is 17.0 Å². The molecule has 0 saturated carbocycles. The van der Waals surface area contributed by atoms with Crippen LogP contribution in [0.2, 0.25) is 0 Å². The fourth-order valence-electron chi connectivity index (χ4n) is 3.36. The number of sulfone groups is 1. The van der Waals surface area contributed by atoms with Gasteiger partial charge in [0.15, 0.2) is 27.1 Å². The van der Waals surface area contributed by atoms with Gasteiger partial charge in [-0.05, 0) is 43.9 Å². The number of hydrogen-bond donors (Lipinski definition) is 0. The van der Waals surface area contributed by atoms with E-state index < -0.39 is 27.5 Å². The third-order valence-electron chi connectivity index (χ3n) is 4.98. The van der Waals surface area contributed by atoms with Gasteiger partial charge in [-0.25, -0.2) is 12.8 Å². The number of nitrogens with zero attached hydrogens (tertiary/aromatic N) is 3. The minimum atomic E-state index is -4.78. The summed E-state index contributed by atoms with van der Waals surface area (Å²) in [7, 11) is 1.21. The SMILES string of the molecule is COc1ccc(-c2c(-c3ccc(S(C)(=O)=O)cc3)nn(CCN(C)C)c2C(F)(F)F)cc1F. The maximum absolute atomic E-state index is 14.4. The van der Waals surface area contributed by atoms with Gasteiger partial charge in [0.1, 0.15) is 5.69 Å². The van der Waals surface area contributed by atoms with Gasteiger partial charge in [-0.3, -0.25) is 4.68 Å². The Morgan fingerprint density at radius 1 is 1.06 bits per heavy atom. The van der Waals surface area contributed by atoms with Crippen molar-refractivity contribution >= 4 is 9.84 Å². The Hall–Kier alpha value is -2.92. The second-order valence-corrected chi connectivity index (χ2v) is 9.76. The van der Waals surface area contributed by atoms with E-state index in [4.69, 9.17) is 4.74 Å². The predicted molar refractivity (Wildman–Crippen MR) is 116 cm³/mol. The van der Waals surface area contributed by atoms with Crippen molar-refractivity contribution in [2.75, 3.05) is 34.0 Å². The van der Waals surface area contributed by atoms with Crippen molar-refractivity contribution < 1.29 is 30.7 Å². The molecule has 33 heavy (non-hydrogen) atoms. The summed E-state index contributed by atoms with van der Waals surface area (Å²) in [5, 5.41) is 4.23. The van der Waals surface area contributed by atoms with Crippen LogP contribution in [0.25, 0.3) is 22.4 Å².